The number of hydrogen-bond acceptors (Lipinski definition) is 6. The number of carbonyl (C=O) groups is 1. The molecule has 8 heteroatoms. The van der Waals surface area contributed by atoms with E-state index in [2.05, 4.69) is 23.2 Å². The van der Waals surface area contributed by atoms with Crippen LogP contribution in [0.15, 0.2) is 78.4 Å². The number of nitrogens with zero attached hydrogens (tertiary/aromatic N) is 4. The SMILES string of the molecule is COc1ccc(C2=NN(C3CCCCCC3)C(=O)[C@@H]3CC=CC[C@H]23)cc1OCCCCOc1ccc(-n2ccnc2)cc1. The van der Waals surface area contributed by atoms with Crippen molar-refractivity contribution in [2.75, 3.05) is 20.3 Å². The van der Waals surface area contributed by atoms with Gasteiger partial charge >= 0.3 is 0 Å². The molecule has 0 N–H and O–H groups in total. The van der Waals surface area contributed by atoms with Gasteiger partial charge < -0.3 is 18.8 Å². The van der Waals surface area contributed by atoms with Crippen molar-refractivity contribution < 1.29 is 19.0 Å². The summed E-state index contributed by atoms with van der Waals surface area (Å²) in [6, 6.07) is 14.3. The van der Waals surface area contributed by atoms with Crippen LogP contribution in [0.5, 0.6) is 17.2 Å². The van der Waals surface area contributed by atoms with Gasteiger partial charge in [-0.1, -0.05) is 37.8 Å². The molecule has 1 fully saturated rings. The molecule has 0 radical (unpaired) electrons. The predicted molar refractivity (Wildman–Crippen MR) is 167 cm³/mol. The maximum absolute atomic E-state index is 13.6. The summed E-state index contributed by atoms with van der Waals surface area (Å²) in [4.78, 5) is 17.7. The molecule has 1 saturated carbocycles. The van der Waals surface area contributed by atoms with Crippen LogP contribution in [-0.2, 0) is 4.79 Å². The first-order valence-electron chi connectivity index (χ1n) is 15.8. The molecule has 0 bridgehead atoms. The predicted octanol–water partition coefficient (Wildman–Crippen LogP) is 6.97. The fourth-order valence-corrected chi connectivity index (χ4v) is 6.49. The van der Waals surface area contributed by atoms with Crippen molar-refractivity contribution in [3.8, 4) is 22.9 Å². The minimum atomic E-state index is -0.0469. The van der Waals surface area contributed by atoms with E-state index in [1.807, 2.05) is 52.2 Å². The molecule has 43 heavy (non-hydrogen) atoms. The Morgan fingerprint density at radius 3 is 2.33 bits per heavy atom. The van der Waals surface area contributed by atoms with Crippen LogP contribution in [0.3, 0.4) is 0 Å². The number of ether oxygens (including phenoxy) is 3. The van der Waals surface area contributed by atoms with E-state index in [9.17, 15) is 4.79 Å². The van der Waals surface area contributed by atoms with Crippen LogP contribution in [0.4, 0.5) is 0 Å². The number of benzene rings is 2. The van der Waals surface area contributed by atoms with Crippen molar-refractivity contribution in [2.45, 2.75) is 70.3 Å². The Kier molecular flexibility index (Phi) is 9.40. The summed E-state index contributed by atoms with van der Waals surface area (Å²) in [5.41, 5.74) is 3.06. The Morgan fingerprint density at radius 2 is 1.60 bits per heavy atom. The van der Waals surface area contributed by atoms with Crippen molar-refractivity contribution in [3.05, 3.63) is 78.9 Å². The Bertz CT molecular complexity index is 1410. The smallest absolute Gasteiger partial charge is 0.247 e. The number of amides is 1. The maximum Gasteiger partial charge on any atom is 0.247 e. The lowest BCUT2D eigenvalue weighted by atomic mass is 9.76. The number of methoxy groups -OCH3 is 1. The summed E-state index contributed by atoms with van der Waals surface area (Å²) in [6.07, 6.45) is 20.0. The molecule has 3 aliphatic rings. The second-order valence-electron chi connectivity index (χ2n) is 11.7. The number of hydrazone groups is 1. The quantitative estimate of drug-likeness (QED) is 0.139. The molecule has 3 aromatic rings. The van der Waals surface area contributed by atoms with E-state index in [1.54, 1.807) is 19.6 Å². The van der Waals surface area contributed by atoms with Crippen LogP contribution in [-0.4, -0.2) is 52.5 Å². The number of rotatable bonds is 11. The van der Waals surface area contributed by atoms with Crippen LogP contribution in [0, 0.1) is 11.8 Å². The molecular weight excluding hydrogens is 540 g/mol. The summed E-state index contributed by atoms with van der Waals surface area (Å²) < 4.78 is 19.8. The molecule has 2 aliphatic carbocycles. The lowest BCUT2D eigenvalue weighted by Crippen LogP contribution is -2.49. The first-order valence-corrected chi connectivity index (χ1v) is 15.8. The van der Waals surface area contributed by atoms with Crippen molar-refractivity contribution in [3.63, 3.8) is 0 Å². The first kappa shape index (κ1) is 29.0. The van der Waals surface area contributed by atoms with Gasteiger partial charge in [-0.05, 0) is 81.0 Å². The zero-order chi connectivity index (χ0) is 29.4. The van der Waals surface area contributed by atoms with Gasteiger partial charge in [0.05, 0.1) is 44.3 Å². The molecule has 8 nitrogen and oxygen atoms in total. The molecule has 0 saturated heterocycles. The molecule has 2 atom stereocenters. The van der Waals surface area contributed by atoms with Crippen molar-refractivity contribution in [2.24, 2.45) is 16.9 Å². The number of aromatic nitrogens is 2. The summed E-state index contributed by atoms with van der Waals surface area (Å²) >= 11 is 0. The third kappa shape index (κ3) is 6.79. The van der Waals surface area contributed by atoms with Crippen LogP contribution < -0.4 is 14.2 Å². The third-order valence-electron chi connectivity index (χ3n) is 8.88. The number of hydrogen-bond donors (Lipinski definition) is 0. The average Bonchev–Trinajstić information content (AvgIpc) is 3.46. The second-order valence-corrected chi connectivity index (χ2v) is 11.7. The van der Waals surface area contributed by atoms with E-state index >= 15 is 0 Å². The van der Waals surface area contributed by atoms with Gasteiger partial charge in [-0.2, -0.15) is 5.10 Å². The number of allylic oxidation sites excluding steroid dienone is 2. The summed E-state index contributed by atoms with van der Waals surface area (Å²) in [5.74, 6) is 2.50. The first-order chi connectivity index (χ1) is 21.2. The zero-order valence-corrected chi connectivity index (χ0v) is 25.1. The Balaban J connectivity index is 1.09. The molecule has 0 unspecified atom stereocenters. The number of imidazole rings is 1. The van der Waals surface area contributed by atoms with Crippen LogP contribution in [0.1, 0.15) is 69.8 Å². The largest absolute Gasteiger partial charge is 0.494 e. The molecule has 226 valence electrons. The summed E-state index contributed by atoms with van der Waals surface area (Å²) in [5, 5.41) is 6.96. The summed E-state index contributed by atoms with van der Waals surface area (Å²) in [7, 11) is 1.67. The topological polar surface area (TPSA) is 78.2 Å². The minimum absolute atomic E-state index is 0.0469. The van der Waals surface area contributed by atoms with Crippen LogP contribution in [0.2, 0.25) is 0 Å². The zero-order valence-electron chi connectivity index (χ0n) is 25.1. The highest BCUT2D eigenvalue weighted by atomic mass is 16.5. The van der Waals surface area contributed by atoms with Crippen molar-refractivity contribution >= 4 is 11.6 Å². The molecule has 1 amide bonds. The third-order valence-corrected chi connectivity index (χ3v) is 8.88. The molecule has 6 rings (SSSR count). The van der Waals surface area contributed by atoms with E-state index in [0.717, 1.165) is 74.1 Å². The van der Waals surface area contributed by atoms with E-state index in [-0.39, 0.29) is 23.8 Å². The minimum Gasteiger partial charge on any atom is -0.494 e. The Morgan fingerprint density at radius 1 is 0.860 bits per heavy atom. The molecule has 1 aromatic heterocycles. The van der Waals surface area contributed by atoms with E-state index in [1.165, 1.54) is 12.8 Å². The fourth-order valence-electron chi connectivity index (χ4n) is 6.49. The molecule has 0 spiro atoms. The fraction of sp³-hybridized carbons (Fsp3) is 0.457. The van der Waals surface area contributed by atoms with E-state index in [4.69, 9.17) is 19.3 Å². The van der Waals surface area contributed by atoms with E-state index < -0.39 is 0 Å². The van der Waals surface area contributed by atoms with Gasteiger partial charge in [-0.15, -0.1) is 0 Å². The highest BCUT2D eigenvalue weighted by Crippen LogP contribution is 2.39. The summed E-state index contributed by atoms with van der Waals surface area (Å²) in [6.45, 7) is 1.17. The Hall–Kier alpha value is -4.07. The Labute approximate surface area is 254 Å². The average molecular weight is 583 g/mol. The van der Waals surface area contributed by atoms with Crippen LogP contribution in [0.25, 0.3) is 5.69 Å². The van der Waals surface area contributed by atoms with Gasteiger partial charge in [0.25, 0.3) is 0 Å². The van der Waals surface area contributed by atoms with Gasteiger partial charge in [-0.3, -0.25) is 4.79 Å². The lowest BCUT2D eigenvalue weighted by Gasteiger charge is -2.40. The highest BCUT2D eigenvalue weighted by molar-refractivity contribution is 6.07. The highest BCUT2D eigenvalue weighted by Gasteiger charge is 2.42. The molecule has 1 aliphatic heterocycles. The van der Waals surface area contributed by atoms with Crippen molar-refractivity contribution in [1.82, 2.24) is 14.6 Å². The van der Waals surface area contributed by atoms with Crippen LogP contribution >= 0.6 is 0 Å². The maximum atomic E-state index is 13.6. The second kappa shape index (κ2) is 13.9. The number of unbranched alkanes of at least 4 members (excludes halogenated alkanes) is 1. The van der Waals surface area contributed by atoms with E-state index in [0.29, 0.717) is 24.7 Å². The van der Waals surface area contributed by atoms with Gasteiger partial charge in [0.2, 0.25) is 5.91 Å². The van der Waals surface area contributed by atoms with Crippen molar-refractivity contribution in [1.29, 1.82) is 0 Å². The monoisotopic (exact) mass is 582 g/mol. The molecule has 2 aromatic carbocycles. The number of fused-ring (bicyclic) bond motifs is 1. The number of carbonyl (C=O) groups excluding carboxylic acids is 1. The van der Waals surface area contributed by atoms with Gasteiger partial charge in [0.1, 0.15) is 5.75 Å². The van der Waals surface area contributed by atoms with Gasteiger partial charge in [0, 0.05) is 29.6 Å². The van der Waals surface area contributed by atoms with Gasteiger partial charge in [0.15, 0.2) is 11.5 Å². The normalized spacial score (nSPS) is 20.7. The lowest BCUT2D eigenvalue weighted by molar-refractivity contribution is -0.140. The van der Waals surface area contributed by atoms with Gasteiger partial charge in [-0.25, -0.2) is 9.99 Å². The molecular formula is C35H42N4O4. The standard InChI is InChI=1S/C35H42N4O4/c1-41-32-19-14-26(34-30-12-6-7-13-31(30)35(40)39(37-34)28-10-4-2-3-5-11-28)24-33(32)43-23-9-8-22-42-29-17-15-27(16-18-29)38-21-20-36-25-38/h6-7,14-21,24-25,28,30-31H,2-5,8-13,22-23H2,1H3/t30-,31+/m0/s1. The molecule has 2 heterocycles.